The average Bonchev–Trinajstić information content (AvgIpc) is 2.83. The molecular weight excluding hydrogens is 377 g/mol. The zero-order valence-electron chi connectivity index (χ0n) is 9.67. The second-order valence-electron chi connectivity index (χ2n) is 3.79. The third-order valence-electron chi connectivity index (χ3n) is 2.48. The van der Waals surface area contributed by atoms with Gasteiger partial charge in [0.2, 0.25) is 0 Å². The fourth-order valence-corrected chi connectivity index (χ4v) is 2.90. The largest absolute Gasteiger partial charge is 0.479 e. The van der Waals surface area contributed by atoms with Crippen molar-refractivity contribution in [3.05, 3.63) is 55.8 Å². The van der Waals surface area contributed by atoms with E-state index in [1.54, 1.807) is 41.8 Å². The van der Waals surface area contributed by atoms with Gasteiger partial charge in [-0.05, 0) is 34.2 Å². The molecule has 1 atom stereocenters. The Labute approximate surface area is 127 Å². The number of rotatable bonds is 4. The Morgan fingerprint density at radius 1 is 1.26 bits per heavy atom. The molecule has 98 valence electrons. The summed E-state index contributed by atoms with van der Waals surface area (Å²) < 4.78 is 0.981. The summed E-state index contributed by atoms with van der Waals surface area (Å²) in [7, 11) is 0. The lowest BCUT2D eigenvalue weighted by Gasteiger charge is -2.14. The Bertz CT molecular complexity index is 597. The quantitative estimate of drug-likeness (QED) is 0.793. The van der Waals surface area contributed by atoms with Gasteiger partial charge < -0.3 is 10.4 Å². The van der Waals surface area contributed by atoms with Gasteiger partial charge in [-0.15, -0.1) is 11.3 Å². The van der Waals surface area contributed by atoms with Crippen LogP contribution in [-0.2, 0) is 4.79 Å². The number of halogens is 1. The van der Waals surface area contributed by atoms with E-state index in [1.165, 1.54) is 11.3 Å². The second kappa shape index (κ2) is 6.16. The van der Waals surface area contributed by atoms with Gasteiger partial charge in [-0.3, -0.25) is 4.79 Å². The number of carbonyl (C=O) groups is 2. The third kappa shape index (κ3) is 3.54. The first-order chi connectivity index (χ1) is 9.08. The van der Waals surface area contributed by atoms with Crippen molar-refractivity contribution < 1.29 is 14.7 Å². The Kier molecular flexibility index (Phi) is 4.54. The molecule has 4 nitrogen and oxygen atoms in total. The maximum absolute atomic E-state index is 12.0. The van der Waals surface area contributed by atoms with Crippen LogP contribution in [0.5, 0.6) is 0 Å². The van der Waals surface area contributed by atoms with E-state index in [0.717, 1.165) is 2.88 Å². The summed E-state index contributed by atoms with van der Waals surface area (Å²) in [6.45, 7) is 0. The number of carbonyl (C=O) groups excluding carboxylic acids is 1. The number of hydrogen-bond acceptors (Lipinski definition) is 3. The summed E-state index contributed by atoms with van der Waals surface area (Å²) in [5.41, 5.74) is 1.03. The fraction of sp³-hybridized carbons (Fsp3) is 0.0769. The Hall–Kier alpha value is -1.41. The molecule has 0 radical (unpaired) electrons. The summed E-state index contributed by atoms with van der Waals surface area (Å²) in [6.07, 6.45) is 0. The summed E-state index contributed by atoms with van der Waals surface area (Å²) in [5.74, 6) is -1.46. The molecule has 0 aliphatic carbocycles. The van der Waals surface area contributed by atoms with Crippen LogP contribution in [-0.4, -0.2) is 17.0 Å². The molecule has 1 aromatic heterocycles. The van der Waals surface area contributed by atoms with Gasteiger partial charge >= 0.3 is 5.97 Å². The van der Waals surface area contributed by atoms with E-state index in [1.807, 2.05) is 0 Å². The normalized spacial score (nSPS) is 11.8. The molecule has 2 N–H and O–H groups in total. The van der Waals surface area contributed by atoms with Crippen LogP contribution in [0.2, 0.25) is 0 Å². The molecule has 0 saturated heterocycles. The van der Waals surface area contributed by atoms with Gasteiger partial charge in [0.15, 0.2) is 6.04 Å². The van der Waals surface area contributed by atoms with Crippen molar-refractivity contribution in [2.75, 3.05) is 0 Å². The standard InChI is InChI=1S/C13H10INO3S/c14-10-6-9(7-19-10)12(16)15-11(13(17)18)8-4-2-1-3-5-8/h1-7,11H,(H,15,16)(H,17,18)/t11-/m1/s1. The van der Waals surface area contributed by atoms with E-state index in [2.05, 4.69) is 27.9 Å². The van der Waals surface area contributed by atoms with Gasteiger partial charge in [0.25, 0.3) is 5.91 Å². The highest BCUT2D eigenvalue weighted by molar-refractivity contribution is 14.1. The van der Waals surface area contributed by atoms with Crippen LogP contribution in [0.25, 0.3) is 0 Å². The summed E-state index contributed by atoms with van der Waals surface area (Å²) in [6, 6.07) is 9.32. The zero-order valence-corrected chi connectivity index (χ0v) is 12.6. The third-order valence-corrected chi connectivity index (χ3v) is 4.27. The summed E-state index contributed by atoms with van der Waals surface area (Å²) >= 11 is 3.56. The first-order valence-electron chi connectivity index (χ1n) is 5.40. The first kappa shape index (κ1) is 14.0. The van der Waals surface area contributed by atoms with Gasteiger partial charge in [0.05, 0.1) is 8.45 Å². The van der Waals surface area contributed by atoms with Crippen molar-refractivity contribution in [1.82, 2.24) is 5.32 Å². The second-order valence-corrected chi connectivity index (χ2v) is 6.60. The van der Waals surface area contributed by atoms with Crippen LogP contribution in [0.1, 0.15) is 22.0 Å². The van der Waals surface area contributed by atoms with Crippen molar-refractivity contribution in [3.63, 3.8) is 0 Å². The summed E-state index contributed by atoms with van der Waals surface area (Å²) in [4.78, 5) is 23.2. The minimum Gasteiger partial charge on any atom is -0.479 e. The van der Waals surface area contributed by atoms with Crippen molar-refractivity contribution in [2.45, 2.75) is 6.04 Å². The molecule has 0 aliphatic heterocycles. The number of carboxylic acid groups (broad SMARTS) is 1. The van der Waals surface area contributed by atoms with Gasteiger partial charge in [0, 0.05) is 5.38 Å². The Morgan fingerprint density at radius 2 is 1.95 bits per heavy atom. The van der Waals surface area contributed by atoms with Gasteiger partial charge in [-0.1, -0.05) is 30.3 Å². The van der Waals surface area contributed by atoms with Gasteiger partial charge in [0.1, 0.15) is 0 Å². The molecule has 1 heterocycles. The van der Waals surface area contributed by atoms with Gasteiger partial charge in [-0.2, -0.15) is 0 Å². The van der Waals surface area contributed by atoms with E-state index < -0.39 is 12.0 Å². The number of benzene rings is 1. The van der Waals surface area contributed by atoms with Crippen molar-refractivity contribution in [2.24, 2.45) is 0 Å². The topological polar surface area (TPSA) is 66.4 Å². The lowest BCUT2D eigenvalue weighted by atomic mass is 10.1. The lowest BCUT2D eigenvalue weighted by Crippen LogP contribution is -2.33. The molecule has 6 heteroatoms. The van der Waals surface area contributed by atoms with E-state index in [0.29, 0.717) is 11.1 Å². The predicted octanol–water partition coefficient (Wildman–Crippen LogP) is 2.91. The minimum absolute atomic E-state index is 0.379. The first-order valence-corrected chi connectivity index (χ1v) is 7.36. The molecule has 2 rings (SSSR count). The van der Waals surface area contributed by atoms with Crippen LogP contribution in [0.4, 0.5) is 0 Å². The van der Waals surface area contributed by atoms with Crippen LogP contribution in [0.15, 0.2) is 41.8 Å². The highest BCUT2D eigenvalue weighted by Gasteiger charge is 2.22. The highest BCUT2D eigenvalue weighted by atomic mass is 127. The number of amides is 1. The van der Waals surface area contributed by atoms with Gasteiger partial charge in [-0.25, -0.2) is 4.79 Å². The Morgan fingerprint density at radius 3 is 2.47 bits per heavy atom. The summed E-state index contributed by atoms with van der Waals surface area (Å²) in [5, 5.41) is 13.5. The van der Waals surface area contributed by atoms with Crippen LogP contribution in [0, 0.1) is 2.88 Å². The number of hydrogen-bond donors (Lipinski definition) is 2. The molecule has 2 aromatic rings. The molecule has 0 bridgehead atoms. The molecule has 0 spiro atoms. The zero-order chi connectivity index (χ0) is 13.8. The molecule has 1 aromatic carbocycles. The maximum Gasteiger partial charge on any atom is 0.330 e. The highest BCUT2D eigenvalue weighted by Crippen LogP contribution is 2.18. The van der Waals surface area contributed by atoms with Crippen LogP contribution in [0.3, 0.4) is 0 Å². The van der Waals surface area contributed by atoms with Crippen molar-refractivity contribution in [1.29, 1.82) is 0 Å². The molecular formula is C13H10INO3S. The van der Waals surface area contributed by atoms with Crippen LogP contribution >= 0.6 is 33.9 Å². The predicted molar refractivity (Wildman–Crippen MR) is 81.3 cm³/mol. The molecule has 0 saturated carbocycles. The Balaban J connectivity index is 2.18. The average molecular weight is 387 g/mol. The molecule has 19 heavy (non-hydrogen) atoms. The smallest absolute Gasteiger partial charge is 0.330 e. The molecule has 0 aliphatic rings. The molecule has 0 unspecified atom stereocenters. The SMILES string of the molecule is O=C(N[C@@H](C(=O)O)c1ccccc1)c1csc(I)c1. The van der Waals surface area contributed by atoms with E-state index >= 15 is 0 Å². The molecule has 0 fully saturated rings. The number of carboxylic acids is 1. The van der Waals surface area contributed by atoms with Crippen molar-refractivity contribution in [3.8, 4) is 0 Å². The van der Waals surface area contributed by atoms with E-state index in [9.17, 15) is 14.7 Å². The number of thiophene rings is 1. The maximum atomic E-state index is 12.0. The van der Waals surface area contributed by atoms with Crippen molar-refractivity contribution >= 4 is 45.8 Å². The monoisotopic (exact) mass is 387 g/mol. The number of nitrogens with one attached hydrogen (secondary N) is 1. The van der Waals surface area contributed by atoms with Crippen LogP contribution < -0.4 is 5.32 Å². The lowest BCUT2D eigenvalue weighted by molar-refractivity contribution is -0.139. The van der Waals surface area contributed by atoms with E-state index in [4.69, 9.17) is 0 Å². The fourth-order valence-electron chi connectivity index (χ4n) is 1.58. The molecule has 1 amide bonds. The minimum atomic E-state index is -1.08. The number of aliphatic carboxylic acids is 1. The van der Waals surface area contributed by atoms with E-state index in [-0.39, 0.29) is 5.91 Å².